The molecule has 0 radical (unpaired) electrons. The Kier molecular flexibility index (Phi) is 3.82. The molecule has 1 fully saturated rings. The lowest BCUT2D eigenvalue weighted by atomic mass is 9.75. The standard InChI is InChI=1S/C11H19N5OS/c1-12-10-15-14-9(18-10)8(17)13-7-11(16(2)3)5-4-6-11/h4-7H2,1-3H3,(H,12,15)(H,13,17). The zero-order valence-electron chi connectivity index (χ0n) is 11.0. The van der Waals surface area contributed by atoms with Crippen LogP contribution < -0.4 is 10.6 Å². The summed E-state index contributed by atoms with van der Waals surface area (Å²) in [5, 5.41) is 14.6. The maximum absolute atomic E-state index is 11.9. The van der Waals surface area contributed by atoms with Gasteiger partial charge in [0, 0.05) is 19.1 Å². The summed E-state index contributed by atoms with van der Waals surface area (Å²) in [6, 6.07) is 0. The van der Waals surface area contributed by atoms with E-state index in [1.54, 1.807) is 7.05 Å². The van der Waals surface area contributed by atoms with Crippen LogP contribution in [0.3, 0.4) is 0 Å². The molecule has 0 atom stereocenters. The highest BCUT2D eigenvalue weighted by atomic mass is 32.1. The van der Waals surface area contributed by atoms with Gasteiger partial charge in [0.25, 0.3) is 5.91 Å². The van der Waals surface area contributed by atoms with E-state index in [1.807, 2.05) is 0 Å². The number of rotatable bonds is 5. The number of carbonyl (C=O) groups excluding carboxylic acids is 1. The molecule has 7 heteroatoms. The van der Waals surface area contributed by atoms with Crippen LogP contribution in [0.25, 0.3) is 0 Å². The monoisotopic (exact) mass is 269 g/mol. The maximum Gasteiger partial charge on any atom is 0.282 e. The molecule has 1 heterocycles. The fraction of sp³-hybridized carbons (Fsp3) is 0.727. The molecule has 2 rings (SSSR count). The second-order valence-corrected chi connectivity index (χ2v) is 5.79. The third-order valence-corrected chi connectivity index (χ3v) is 4.58. The van der Waals surface area contributed by atoms with Gasteiger partial charge < -0.3 is 15.5 Å². The minimum atomic E-state index is -0.137. The van der Waals surface area contributed by atoms with Crippen LogP contribution in [0.1, 0.15) is 29.1 Å². The molecule has 1 saturated carbocycles. The molecule has 100 valence electrons. The molecule has 0 unspecified atom stereocenters. The first kappa shape index (κ1) is 13.2. The van der Waals surface area contributed by atoms with Gasteiger partial charge >= 0.3 is 0 Å². The molecule has 1 amide bonds. The number of amides is 1. The van der Waals surface area contributed by atoms with Gasteiger partial charge in [-0.2, -0.15) is 0 Å². The maximum atomic E-state index is 11.9. The second-order valence-electron chi connectivity index (χ2n) is 4.82. The van der Waals surface area contributed by atoms with Crippen LogP contribution in [-0.4, -0.2) is 54.2 Å². The molecule has 0 spiro atoms. The van der Waals surface area contributed by atoms with Crippen molar-refractivity contribution in [2.24, 2.45) is 0 Å². The number of carbonyl (C=O) groups is 1. The van der Waals surface area contributed by atoms with Gasteiger partial charge in [0.05, 0.1) is 0 Å². The number of likely N-dealkylation sites (N-methyl/N-ethyl adjacent to an activating group) is 1. The summed E-state index contributed by atoms with van der Waals surface area (Å²) in [6.07, 6.45) is 3.51. The lowest BCUT2D eigenvalue weighted by Crippen LogP contribution is -2.57. The van der Waals surface area contributed by atoms with Crippen LogP contribution in [0, 0.1) is 0 Å². The number of hydrogen-bond acceptors (Lipinski definition) is 6. The molecule has 2 N–H and O–H groups in total. The van der Waals surface area contributed by atoms with Crippen molar-refractivity contribution in [1.29, 1.82) is 0 Å². The predicted molar refractivity (Wildman–Crippen MR) is 72.1 cm³/mol. The molecule has 0 aromatic carbocycles. The van der Waals surface area contributed by atoms with E-state index in [0.29, 0.717) is 16.7 Å². The summed E-state index contributed by atoms with van der Waals surface area (Å²) in [7, 11) is 5.89. The molecule has 0 saturated heterocycles. The van der Waals surface area contributed by atoms with Crippen molar-refractivity contribution in [2.45, 2.75) is 24.8 Å². The van der Waals surface area contributed by atoms with Crippen molar-refractivity contribution >= 4 is 22.4 Å². The van der Waals surface area contributed by atoms with Gasteiger partial charge in [0.1, 0.15) is 0 Å². The molecule has 0 bridgehead atoms. The van der Waals surface area contributed by atoms with Crippen molar-refractivity contribution < 1.29 is 4.79 Å². The van der Waals surface area contributed by atoms with E-state index in [1.165, 1.54) is 17.8 Å². The van der Waals surface area contributed by atoms with Crippen molar-refractivity contribution in [1.82, 2.24) is 20.4 Å². The third kappa shape index (κ3) is 2.46. The van der Waals surface area contributed by atoms with E-state index in [0.717, 1.165) is 12.8 Å². The van der Waals surface area contributed by atoms with Crippen LogP contribution in [0.5, 0.6) is 0 Å². The van der Waals surface area contributed by atoms with Crippen molar-refractivity contribution in [3.05, 3.63) is 5.01 Å². The SMILES string of the molecule is CNc1nnc(C(=O)NCC2(N(C)C)CCC2)s1. The predicted octanol–water partition coefficient (Wildman–Crippen LogP) is 0.794. The molecule has 1 aliphatic rings. The van der Waals surface area contributed by atoms with E-state index < -0.39 is 0 Å². The first-order valence-electron chi connectivity index (χ1n) is 6.04. The zero-order chi connectivity index (χ0) is 13.2. The van der Waals surface area contributed by atoms with Gasteiger partial charge in [-0.1, -0.05) is 11.3 Å². The Labute approximate surface area is 111 Å². The molecular formula is C11H19N5OS. The number of nitrogens with one attached hydrogen (secondary N) is 2. The first-order chi connectivity index (χ1) is 8.57. The molecule has 0 aliphatic heterocycles. The summed E-state index contributed by atoms with van der Waals surface area (Å²) >= 11 is 1.27. The fourth-order valence-corrected chi connectivity index (χ4v) is 2.72. The van der Waals surface area contributed by atoms with Crippen LogP contribution in [0.4, 0.5) is 5.13 Å². The molecule has 1 aromatic heterocycles. The van der Waals surface area contributed by atoms with Gasteiger partial charge in [-0.05, 0) is 33.4 Å². The summed E-state index contributed by atoms with van der Waals surface area (Å²) in [6.45, 7) is 0.674. The highest BCUT2D eigenvalue weighted by Crippen LogP contribution is 2.35. The minimum Gasteiger partial charge on any atom is -0.363 e. The Morgan fingerprint density at radius 3 is 2.61 bits per heavy atom. The Morgan fingerprint density at radius 1 is 1.44 bits per heavy atom. The lowest BCUT2D eigenvalue weighted by molar-refractivity contribution is 0.0557. The van der Waals surface area contributed by atoms with Crippen molar-refractivity contribution in [3.63, 3.8) is 0 Å². The van der Waals surface area contributed by atoms with Crippen molar-refractivity contribution in [2.75, 3.05) is 33.0 Å². The van der Waals surface area contributed by atoms with E-state index in [2.05, 4.69) is 39.8 Å². The average molecular weight is 269 g/mol. The largest absolute Gasteiger partial charge is 0.363 e. The van der Waals surface area contributed by atoms with Crippen LogP contribution >= 0.6 is 11.3 Å². The number of aromatic nitrogens is 2. The summed E-state index contributed by atoms with van der Waals surface area (Å²) in [5.74, 6) is -0.137. The molecule has 1 aromatic rings. The van der Waals surface area contributed by atoms with Crippen molar-refractivity contribution in [3.8, 4) is 0 Å². The Hall–Kier alpha value is -1.21. The van der Waals surface area contributed by atoms with E-state index in [9.17, 15) is 4.79 Å². The molecular weight excluding hydrogens is 250 g/mol. The van der Waals surface area contributed by atoms with Crippen LogP contribution in [0.2, 0.25) is 0 Å². The first-order valence-corrected chi connectivity index (χ1v) is 6.86. The quantitative estimate of drug-likeness (QED) is 0.827. The number of anilines is 1. The third-order valence-electron chi connectivity index (χ3n) is 3.64. The normalized spacial score (nSPS) is 17.3. The minimum absolute atomic E-state index is 0.131. The summed E-state index contributed by atoms with van der Waals surface area (Å²) in [5.41, 5.74) is 0.131. The van der Waals surface area contributed by atoms with Gasteiger partial charge in [0.2, 0.25) is 10.1 Å². The molecule has 18 heavy (non-hydrogen) atoms. The van der Waals surface area contributed by atoms with Gasteiger partial charge in [0.15, 0.2) is 0 Å². The molecule has 6 nitrogen and oxygen atoms in total. The highest BCUT2D eigenvalue weighted by Gasteiger charge is 2.39. The van der Waals surface area contributed by atoms with E-state index in [4.69, 9.17) is 0 Å². The van der Waals surface area contributed by atoms with Gasteiger partial charge in [-0.3, -0.25) is 4.79 Å². The van der Waals surface area contributed by atoms with Gasteiger partial charge in [-0.25, -0.2) is 0 Å². The van der Waals surface area contributed by atoms with Crippen LogP contribution in [0.15, 0.2) is 0 Å². The van der Waals surface area contributed by atoms with E-state index >= 15 is 0 Å². The summed E-state index contributed by atoms with van der Waals surface area (Å²) in [4.78, 5) is 14.1. The smallest absolute Gasteiger partial charge is 0.282 e. The Balaban J connectivity index is 1.92. The molecule has 1 aliphatic carbocycles. The number of hydrogen-bond donors (Lipinski definition) is 2. The highest BCUT2D eigenvalue weighted by molar-refractivity contribution is 7.17. The average Bonchev–Trinajstić information content (AvgIpc) is 2.75. The summed E-state index contributed by atoms with van der Waals surface area (Å²) < 4.78 is 0. The Morgan fingerprint density at radius 2 is 2.17 bits per heavy atom. The zero-order valence-corrected chi connectivity index (χ0v) is 11.8. The lowest BCUT2D eigenvalue weighted by Gasteiger charge is -2.47. The second kappa shape index (κ2) is 5.19. The van der Waals surface area contributed by atoms with Crippen LogP contribution in [-0.2, 0) is 0 Å². The number of nitrogens with zero attached hydrogens (tertiary/aromatic N) is 3. The fourth-order valence-electron chi connectivity index (χ4n) is 2.10. The van der Waals surface area contributed by atoms with Gasteiger partial charge in [-0.15, -0.1) is 10.2 Å². The topological polar surface area (TPSA) is 70.1 Å². The Bertz CT molecular complexity index is 427. The van der Waals surface area contributed by atoms with E-state index in [-0.39, 0.29) is 11.4 Å².